The predicted octanol–water partition coefficient (Wildman–Crippen LogP) is 5.08. The fourth-order valence-corrected chi connectivity index (χ4v) is 3.28. The highest BCUT2D eigenvalue weighted by Crippen LogP contribution is 2.36. The van der Waals surface area contributed by atoms with E-state index >= 15 is 0 Å². The number of pyridine rings is 1. The SMILES string of the molecule is Nc1cc2c(O)c(-c3cccc(-c4ccc(F)c(F)c4)c3)c(=O)[nH]c2cc1Cl. The highest BCUT2D eigenvalue weighted by Gasteiger charge is 2.16. The Morgan fingerprint density at radius 3 is 2.39 bits per heavy atom. The Hall–Kier alpha value is -3.38. The number of hydrogen-bond donors (Lipinski definition) is 3. The number of aromatic hydroxyl groups is 1. The molecule has 7 heteroatoms. The molecule has 4 rings (SSSR count). The number of rotatable bonds is 2. The molecule has 0 aliphatic heterocycles. The molecule has 0 saturated heterocycles. The highest BCUT2D eigenvalue weighted by atomic mass is 35.5. The fourth-order valence-electron chi connectivity index (χ4n) is 3.11. The molecule has 4 N–H and O–H groups in total. The van der Waals surface area contributed by atoms with E-state index in [1.54, 1.807) is 24.3 Å². The third kappa shape index (κ3) is 2.97. The van der Waals surface area contributed by atoms with Crippen molar-refractivity contribution in [2.75, 3.05) is 5.73 Å². The molecule has 28 heavy (non-hydrogen) atoms. The first-order valence-corrected chi connectivity index (χ1v) is 8.63. The Labute approximate surface area is 162 Å². The van der Waals surface area contributed by atoms with Crippen molar-refractivity contribution >= 4 is 28.2 Å². The molecule has 0 aliphatic rings. The largest absolute Gasteiger partial charge is 0.506 e. The summed E-state index contributed by atoms with van der Waals surface area (Å²) in [5.74, 6) is -2.16. The first kappa shape index (κ1) is 18.0. The van der Waals surface area contributed by atoms with E-state index in [0.717, 1.165) is 12.1 Å². The molecule has 0 unspecified atom stereocenters. The molecular formula is C21H13ClF2N2O2. The van der Waals surface area contributed by atoms with Crippen LogP contribution in [0.2, 0.25) is 5.02 Å². The van der Waals surface area contributed by atoms with E-state index in [-0.39, 0.29) is 22.0 Å². The quantitative estimate of drug-likeness (QED) is 0.412. The van der Waals surface area contributed by atoms with Crippen LogP contribution in [-0.2, 0) is 0 Å². The summed E-state index contributed by atoms with van der Waals surface area (Å²) < 4.78 is 26.8. The van der Waals surface area contributed by atoms with Gasteiger partial charge in [0.2, 0.25) is 0 Å². The lowest BCUT2D eigenvalue weighted by molar-refractivity contribution is 0.482. The van der Waals surface area contributed by atoms with Gasteiger partial charge in [-0.3, -0.25) is 4.79 Å². The summed E-state index contributed by atoms with van der Waals surface area (Å²) in [6.07, 6.45) is 0. The number of benzene rings is 3. The number of H-pyrrole nitrogens is 1. The van der Waals surface area contributed by atoms with E-state index in [0.29, 0.717) is 27.6 Å². The number of nitrogens with one attached hydrogen (secondary N) is 1. The van der Waals surface area contributed by atoms with Gasteiger partial charge in [0.05, 0.1) is 21.8 Å². The van der Waals surface area contributed by atoms with Crippen LogP contribution in [0.3, 0.4) is 0 Å². The summed E-state index contributed by atoms with van der Waals surface area (Å²) in [7, 11) is 0. The van der Waals surface area contributed by atoms with Gasteiger partial charge >= 0.3 is 0 Å². The van der Waals surface area contributed by atoms with E-state index in [1.807, 2.05) is 0 Å². The lowest BCUT2D eigenvalue weighted by Crippen LogP contribution is -2.09. The maximum atomic E-state index is 13.6. The zero-order valence-corrected chi connectivity index (χ0v) is 15.0. The summed E-state index contributed by atoms with van der Waals surface area (Å²) in [5, 5.41) is 11.3. The van der Waals surface area contributed by atoms with Crippen LogP contribution in [0, 0.1) is 11.6 Å². The van der Waals surface area contributed by atoms with Gasteiger partial charge in [-0.05, 0) is 47.0 Å². The Morgan fingerprint density at radius 1 is 0.929 bits per heavy atom. The Morgan fingerprint density at radius 2 is 1.64 bits per heavy atom. The van der Waals surface area contributed by atoms with Crippen LogP contribution >= 0.6 is 11.6 Å². The second kappa shape index (κ2) is 6.65. The minimum Gasteiger partial charge on any atom is -0.506 e. The Balaban J connectivity index is 1.92. The lowest BCUT2D eigenvalue weighted by atomic mass is 9.98. The maximum Gasteiger partial charge on any atom is 0.260 e. The van der Waals surface area contributed by atoms with Crippen molar-refractivity contribution < 1.29 is 13.9 Å². The van der Waals surface area contributed by atoms with Gasteiger partial charge < -0.3 is 15.8 Å². The molecule has 4 aromatic rings. The molecule has 3 aromatic carbocycles. The van der Waals surface area contributed by atoms with Crippen molar-refractivity contribution in [3.8, 4) is 28.0 Å². The number of nitrogen functional groups attached to an aromatic ring is 1. The molecule has 0 atom stereocenters. The van der Waals surface area contributed by atoms with Gasteiger partial charge in [0.25, 0.3) is 5.56 Å². The van der Waals surface area contributed by atoms with E-state index in [9.17, 15) is 18.7 Å². The number of hydrogen-bond acceptors (Lipinski definition) is 3. The highest BCUT2D eigenvalue weighted by molar-refractivity contribution is 6.34. The van der Waals surface area contributed by atoms with Crippen molar-refractivity contribution in [2.45, 2.75) is 0 Å². The number of fused-ring (bicyclic) bond motifs is 1. The second-order valence-electron chi connectivity index (χ2n) is 6.31. The number of halogens is 3. The van der Waals surface area contributed by atoms with Gasteiger partial charge in [0, 0.05) is 5.39 Å². The van der Waals surface area contributed by atoms with Crippen molar-refractivity contribution in [3.05, 3.63) is 81.6 Å². The maximum absolute atomic E-state index is 13.6. The Bertz CT molecular complexity index is 1300. The molecular weight excluding hydrogens is 386 g/mol. The molecule has 0 amide bonds. The summed E-state index contributed by atoms with van der Waals surface area (Å²) in [6, 6.07) is 13.1. The number of nitrogens with two attached hydrogens (primary N) is 1. The van der Waals surface area contributed by atoms with Crippen LogP contribution in [0.25, 0.3) is 33.2 Å². The zero-order chi connectivity index (χ0) is 20.0. The van der Waals surface area contributed by atoms with Crippen LogP contribution in [0.4, 0.5) is 14.5 Å². The molecule has 0 aliphatic carbocycles. The standard InChI is InChI=1S/C21H13ClF2N2O2/c22-14-9-18-13(8-17(14)25)20(27)19(21(28)26-18)12-3-1-2-10(6-12)11-4-5-15(23)16(24)7-11/h1-9H,25H2,(H2,26,27,28). The molecule has 0 radical (unpaired) electrons. The van der Waals surface area contributed by atoms with Gasteiger partial charge in [0.1, 0.15) is 5.75 Å². The Kier molecular flexibility index (Phi) is 4.28. The van der Waals surface area contributed by atoms with Crippen molar-refractivity contribution in [2.24, 2.45) is 0 Å². The average Bonchev–Trinajstić information content (AvgIpc) is 2.66. The van der Waals surface area contributed by atoms with Gasteiger partial charge in [-0.25, -0.2) is 8.78 Å². The molecule has 0 saturated carbocycles. The van der Waals surface area contributed by atoms with Crippen LogP contribution in [0.5, 0.6) is 5.75 Å². The molecule has 140 valence electrons. The summed E-state index contributed by atoms with van der Waals surface area (Å²) in [5.41, 5.74) is 7.35. The summed E-state index contributed by atoms with van der Waals surface area (Å²) in [6.45, 7) is 0. The zero-order valence-electron chi connectivity index (χ0n) is 14.3. The second-order valence-corrected chi connectivity index (χ2v) is 6.71. The van der Waals surface area contributed by atoms with Gasteiger partial charge in [0.15, 0.2) is 11.6 Å². The van der Waals surface area contributed by atoms with E-state index < -0.39 is 17.2 Å². The third-order valence-corrected chi connectivity index (χ3v) is 4.84. The topological polar surface area (TPSA) is 79.1 Å². The summed E-state index contributed by atoms with van der Waals surface area (Å²) in [4.78, 5) is 15.3. The lowest BCUT2D eigenvalue weighted by Gasteiger charge is -2.11. The summed E-state index contributed by atoms with van der Waals surface area (Å²) >= 11 is 5.98. The van der Waals surface area contributed by atoms with E-state index in [4.69, 9.17) is 17.3 Å². The minimum atomic E-state index is -0.971. The number of anilines is 1. The predicted molar refractivity (Wildman–Crippen MR) is 106 cm³/mol. The first-order valence-electron chi connectivity index (χ1n) is 8.25. The molecule has 0 bridgehead atoms. The van der Waals surface area contributed by atoms with Crippen molar-refractivity contribution in [3.63, 3.8) is 0 Å². The molecule has 0 fully saturated rings. The molecule has 1 aromatic heterocycles. The third-order valence-electron chi connectivity index (χ3n) is 4.51. The molecule has 4 nitrogen and oxygen atoms in total. The van der Waals surface area contributed by atoms with Gasteiger partial charge in [-0.1, -0.05) is 35.9 Å². The van der Waals surface area contributed by atoms with Crippen LogP contribution in [-0.4, -0.2) is 10.1 Å². The fraction of sp³-hybridized carbons (Fsp3) is 0. The average molecular weight is 399 g/mol. The normalized spacial score (nSPS) is 11.1. The number of aromatic nitrogens is 1. The first-order chi connectivity index (χ1) is 13.3. The monoisotopic (exact) mass is 398 g/mol. The molecule has 0 spiro atoms. The van der Waals surface area contributed by atoms with E-state index in [1.165, 1.54) is 18.2 Å². The van der Waals surface area contributed by atoms with Crippen LogP contribution in [0.15, 0.2) is 59.4 Å². The number of aromatic amines is 1. The smallest absolute Gasteiger partial charge is 0.260 e. The molecule has 1 heterocycles. The van der Waals surface area contributed by atoms with Crippen molar-refractivity contribution in [1.82, 2.24) is 4.98 Å². The van der Waals surface area contributed by atoms with Gasteiger partial charge in [-0.15, -0.1) is 0 Å². The van der Waals surface area contributed by atoms with Crippen LogP contribution in [0.1, 0.15) is 0 Å². The van der Waals surface area contributed by atoms with Crippen LogP contribution < -0.4 is 11.3 Å². The van der Waals surface area contributed by atoms with Gasteiger partial charge in [-0.2, -0.15) is 0 Å². The van der Waals surface area contributed by atoms with E-state index in [2.05, 4.69) is 4.98 Å². The van der Waals surface area contributed by atoms with Crippen molar-refractivity contribution in [1.29, 1.82) is 0 Å². The minimum absolute atomic E-state index is 0.0404.